The third-order valence-corrected chi connectivity index (χ3v) is 5.57. The predicted octanol–water partition coefficient (Wildman–Crippen LogP) is 3.90. The number of hydrogen-bond donors (Lipinski definition) is 2. The van der Waals surface area contributed by atoms with E-state index in [0.717, 1.165) is 25.7 Å². The van der Waals surface area contributed by atoms with Gasteiger partial charge in [0.05, 0.1) is 0 Å². The van der Waals surface area contributed by atoms with Crippen LogP contribution in [0.5, 0.6) is 0 Å². The van der Waals surface area contributed by atoms with E-state index in [9.17, 15) is 9.59 Å². The van der Waals surface area contributed by atoms with E-state index in [1.165, 1.54) is 30.4 Å². The SMILES string of the molecule is Cc1ccc(CN(C(=O)CCCNC(=O)NC2CCCCC2)C2CC2)cc1. The van der Waals surface area contributed by atoms with Gasteiger partial charge in [0.1, 0.15) is 0 Å². The van der Waals surface area contributed by atoms with Gasteiger partial charge >= 0.3 is 6.03 Å². The van der Waals surface area contributed by atoms with Crippen molar-refractivity contribution < 1.29 is 9.59 Å². The number of benzene rings is 1. The summed E-state index contributed by atoms with van der Waals surface area (Å²) >= 11 is 0. The van der Waals surface area contributed by atoms with Crippen LogP contribution in [0.15, 0.2) is 24.3 Å². The molecule has 0 aliphatic heterocycles. The molecular weight excluding hydrogens is 338 g/mol. The minimum absolute atomic E-state index is 0.0898. The van der Waals surface area contributed by atoms with Crippen molar-refractivity contribution in [1.82, 2.24) is 15.5 Å². The maximum Gasteiger partial charge on any atom is 0.315 e. The van der Waals surface area contributed by atoms with Crippen LogP contribution < -0.4 is 10.6 Å². The van der Waals surface area contributed by atoms with Crippen molar-refractivity contribution in [2.24, 2.45) is 0 Å². The number of carbonyl (C=O) groups is 2. The van der Waals surface area contributed by atoms with Crippen molar-refractivity contribution in [2.45, 2.75) is 83.3 Å². The molecule has 0 atom stereocenters. The molecule has 2 saturated carbocycles. The summed E-state index contributed by atoms with van der Waals surface area (Å²) in [6.07, 6.45) is 9.26. The smallest absolute Gasteiger partial charge is 0.315 e. The van der Waals surface area contributed by atoms with E-state index in [0.29, 0.717) is 38.0 Å². The summed E-state index contributed by atoms with van der Waals surface area (Å²) in [6.45, 7) is 3.32. The summed E-state index contributed by atoms with van der Waals surface area (Å²) in [5.74, 6) is 0.201. The lowest BCUT2D eigenvalue weighted by Crippen LogP contribution is -2.43. The number of nitrogens with one attached hydrogen (secondary N) is 2. The van der Waals surface area contributed by atoms with Crippen LogP contribution in [0.1, 0.15) is 68.9 Å². The van der Waals surface area contributed by atoms with Gasteiger partial charge < -0.3 is 15.5 Å². The molecule has 2 aliphatic rings. The van der Waals surface area contributed by atoms with Crippen molar-refractivity contribution in [1.29, 1.82) is 0 Å². The Balaban J connectivity index is 1.36. The van der Waals surface area contributed by atoms with E-state index >= 15 is 0 Å². The average molecular weight is 372 g/mol. The number of aryl methyl sites for hydroxylation is 1. The zero-order valence-corrected chi connectivity index (χ0v) is 16.5. The van der Waals surface area contributed by atoms with Gasteiger partial charge in [-0.2, -0.15) is 0 Å². The molecule has 27 heavy (non-hydrogen) atoms. The molecule has 3 amide bonds. The van der Waals surface area contributed by atoms with Gasteiger partial charge in [-0.1, -0.05) is 49.1 Å². The van der Waals surface area contributed by atoms with Gasteiger partial charge in [0.15, 0.2) is 0 Å². The van der Waals surface area contributed by atoms with Crippen molar-refractivity contribution in [3.05, 3.63) is 35.4 Å². The van der Waals surface area contributed by atoms with E-state index in [1.54, 1.807) is 0 Å². The molecule has 1 aromatic rings. The van der Waals surface area contributed by atoms with Gasteiger partial charge in [0.25, 0.3) is 0 Å². The highest BCUT2D eigenvalue weighted by atomic mass is 16.2. The summed E-state index contributed by atoms with van der Waals surface area (Å²) < 4.78 is 0. The molecule has 2 N–H and O–H groups in total. The molecule has 3 rings (SSSR count). The molecule has 0 unspecified atom stereocenters. The maximum absolute atomic E-state index is 12.7. The topological polar surface area (TPSA) is 61.4 Å². The lowest BCUT2D eigenvalue weighted by molar-refractivity contribution is -0.132. The molecule has 0 heterocycles. The number of hydrogen-bond acceptors (Lipinski definition) is 2. The minimum Gasteiger partial charge on any atom is -0.338 e. The summed E-state index contributed by atoms with van der Waals surface area (Å²) in [5.41, 5.74) is 2.42. The second-order valence-corrected chi connectivity index (χ2v) is 8.08. The van der Waals surface area contributed by atoms with Gasteiger partial charge in [0, 0.05) is 31.6 Å². The van der Waals surface area contributed by atoms with Crippen LogP contribution in [-0.2, 0) is 11.3 Å². The van der Waals surface area contributed by atoms with Crippen LogP contribution in [0, 0.1) is 6.92 Å². The second-order valence-electron chi connectivity index (χ2n) is 8.08. The average Bonchev–Trinajstić information content (AvgIpc) is 3.50. The fraction of sp³-hybridized carbons (Fsp3) is 0.636. The Morgan fingerprint density at radius 2 is 1.74 bits per heavy atom. The third-order valence-electron chi connectivity index (χ3n) is 5.57. The van der Waals surface area contributed by atoms with Crippen LogP contribution in [0.2, 0.25) is 0 Å². The summed E-state index contributed by atoms with van der Waals surface area (Å²) in [4.78, 5) is 26.6. The van der Waals surface area contributed by atoms with E-state index in [2.05, 4.69) is 41.8 Å². The largest absolute Gasteiger partial charge is 0.338 e. The molecular formula is C22H33N3O2. The molecule has 1 aromatic carbocycles. The number of nitrogens with zero attached hydrogens (tertiary/aromatic N) is 1. The molecule has 148 valence electrons. The van der Waals surface area contributed by atoms with E-state index in [-0.39, 0.29) is 11.9 Å². The first kappa shape index (κ1) is 19.7. The van der Waals surface area contributed by atoms with E-state index in [1.807, 2.05) is 4.90 Å². The zero-order chi connectivity index (χ0) is 19.1. The molecule has 0 saturated heterocycles. The standard InChI is InChI=1S/C22H33N3O2/c1-17-9-11-18(12-10-17)16-25(20-13-14-20)21(26)8-5-15-23-22(27)24-19-6-3-2-4-7-19/h9-12,19-20H,2-8,13-16H2,1H3,(H2,23,24,27). The lowest BCUT2D eigenvalue weighted by atomic mass is 9.96. The number of rotatable bonds is 8. The quantitative estimate of drug-likeness (QED) is 0.681. The Bertz CT molecular complexity index is 619. The molecule has 5 heteroatoms. The van der Waals surface area contributed by atoms with Crippen LogP contribution >= 0.6 is 0 Å². The Morgan fingerprint density at radius 1 is 1.04 bits per heavy atom. The Hall–Kier alpha value is -2.04. The van der Waals surface area contributed by atoms with Crippen molar-refractivity contribution in [3.63, 3.8) is 0 Å². The van der Waals surface area contributed by atoms with Gasteiger partial charge in [-0.05, 0) is 44.6 Å². The highest BCUT2D eigenvalue weighted by Gasteiger charge is 2.32. The predicted molar refractivity (Wildman–Crippen MR) is 107 cm³/mol. The van der Waals surface area contributed by atoms with E-state index < -0.39 is 0 Å². The number of amides is 3. The number of carbonyl (C=O) groups excluding carboxylic acids is 2. The first-order chi connectivity index (χ1) is 13.1. The molecule has 0 radical (unpaired) electrons. The second kappa shape index (κ2) is 9.77. The van der Waals surface area contributed by atoms with Crippen molar-refractivity contribution >= 4 is 11.9 Å². The Labute approximate surface area is 162 Å². The van der Waals surface area contributed by atoms with Gasteiger partial charge in [-0.3, -0.25) is 4.79 Å². The van der Waals surface area contributed by atoms with Crippen LogP contribution in [0.3, 0.4) is 0 Å². The minimum atomic E-state index is -0.0898. The molecule has 0 aromatic heterocycles. The van der Waals surface area contributed by atoms with E-state index in [4.69, 9.17) is 0 Å². The van der Waals surface area contributed by atoms with Gasteiger partial charge in [-0.25, -0.2) is 4.79 Å². The number of urea groups is 1. The maximum atomic E-state index is 12.7. The lowest BCUT2D eigenvalue weighted by Gasteiger charge is -2.23. The summed E-state index contributed by atoms with van der Waals surface area (Å²) in [6, 6.07) is 9.04. The van der Waals surface area contributed by atoms with Crippen molar-refractivity contribution in [2.75, 3.05) is 6.54 Å². The van der Waals surface area contributed by atoms with Crippen LogP contribution in [-0.4, -0.2) is 35.5 Å². The monoisotopic (exact) mass is 371 g/mol. The fourth-order valence-electron chi connectivity index (χ4n) is 3.77. The Kier molecular flexibility index (Phi) is 7.13. The first-order valence-corrected chi connectivity index (χ1v) is 10.5. The molecule has 0 bridgehead atoms. The third kappa shape index (κ3) is 6.56. The highest BCUT2D eigenvalue weighted by molar-refractivity contribution is 5.77. The molecule has 0 spiro atoms. The Morgan fingerprint density at radius 3 is 2.41 bits per heavy atom. The first-order valence-electron chi connectivity index (χ1n) is 10.5. The van der Waals surface area contributed by atoms with Gasteiger partial charge in [-0.15, -0.1) is 0 Å². The molecule has 2 fully saturated rings. The van der Waals surface area contributed by atoms with Gasteiger partial charge in [0.2, 0.25) is 5.91 Å². The van der Waals surface area contributed by atoms with Crippen molar-refractivity contribution in [3.8, 4) is 0 Å². The zero-order valence-electron chi connectivity index (χ0n) is 16.5. The summed E-state index contributed by atoms with van der Waals surface area (Å²) in [5, 5.41) is 5.95. The van der Waals surface area contributed by atoms with Crippen LogP contribution in [0.4, 0.5) is 4.79 Å². The molecule has 5 nitrogen and oxygen atoms in total. The van der Waals surface area contributed by atoms with Crippen LogP contribution in [0.25, 0.3) is 0 Å². The molecule has 2 aliphatic carbocycles. The summed E-state index contributed by atoms with van der Waals surface area (Å²) in [7, 11) is 0. The fourth-order valence-corrected chi connectivity index (χ4v) is 3.77. The highest BCUT2D eigenvalue weighted by Crippen LogP contribution is 2.29. The normalized spacial score (nSPS) is 17.4.